The van der Waals surface area contributed by atoms with E-state index in [4.69, 9.17) is 4.74 Å². The van der Waals surface area contributed by atoms with Crippen LogP contribution in [0.2, 0.25) is 0 Å². The summed E-state index contributed by atoms with van der Waals surface area (Å²) in [5, 5.41) is 3.63. The molecule has 2 atom stereocenters. The molecule has 72 valence electrons. The highest BCUT2D eigenvalue weighted by Crippen LogP contribution is 2.09. The highest BCUT2D eigenvalue weighted by Gasteiger charge is 2.13. The number of hydrogen-bond acceptors (Lipinski definition) is 2. The van der Waals surface area contributed by atoms with Crippen LogP contribution in [0.15, 0.2) is 0 Å². The molecule has 1 saturated heterocycles. The van der Waals surface area contributed by atoms with E-state index in [1.807, 2.05) is 0 Å². The van der Waals surface area contributed by atoms with E-state index in [0.717, 1.165) is 13.2 Å². The summed E-state index contributed by atoms with van der Waals surface area (Å²) < 4.78 is 5.40. The molecule has 0 saturated carbocycles. The average molecular weight is 171 g/mol. The minimum atomic E-state index is 0.660. The highest BCUT2D eigenvalue weighted by atomic mass is 16.5. The van der Waals surface area contributed by atoms with Crippen LogP contribution in [0.4, 0.5) is 0 Å². The summed E-state index contributed by atoms with van der Waals surface area (Å²) in [4.78, 5) is 0. The second-order valence-electron chi connectivity index (χ2n) is 3.72. The van der Waals surface area contributed by atoms with Gasteiger partial charge in [0.2, 0.25) is 0 Å². The van der Waals surface area contributed by atoms with Gasteiger partial charge in [-0.1, -0.05) is 6.92 Å². The fourth-order valence-electron chi connectivity index (χ4n) is 1.59. The lowest BCUT2D eigenvalue weighted by molar-refractivity contribution is 0.142. The van der Waals surface area contributed by atoms with E-state index >= 15 is 0 Å². The molecule has 12 heavy (non-hydrogen) atoms. The van der Waals surface area contributed by atoms with Crippen LogP contribution in [0.1, 0.15) is 39.5 Å². The van der Waals surface area contributed by atoms with E-state index in [-0.39, 0.29) is 0 Å². The maximum atomic E-state index is 5.40. The Morgan fingerprint density at radius 1 is 1.42 bits per heavy atom. The Labute approximate surface area is 75.7 Å². The first-order valence-electron chi connectivity index (χ1n) is 5.16. The van der Waals surface area contributed by atoms with Gasteiger partial charge in [0.1, 0.15) is 0 Å². The molecular weight excluding hydrogens is 150 g/mol. The van der Waals surface area contributed by atoms with Crippen LogP contribution >= 0.6 is 0 Å². The van der Waals surface area contributed by atoms with Crippen molar-refractivity contribution in [3.8, 4) is 0 Å². The molecule has 0 bridgehead atoms. The standard InChI is InChI=1S/C10H21NO/c1-3-9(2)11-10-5-4-7-12-8-6-10/h9-11H,3-8H2,1-2H3. The molecule has 2 unspecified atom stereocenters. The molecule has 1 aliphatic heterocycles. The third-order valence-corrected chi connectivity index (χ3v) is 2.58. The lowest BCUT2D eigenvalue weighted by Crippen LogP contribution is -2.36. The number of nitrogens with one attached hydrogen (secondary N) is 1. The van der Waals surface area contributed by atoms with Crippen LogP contribution in [0.3, 0.4) is 0 Å². The van der Waals surface area contributed by atoms with Gasteiger partial charge >= 0.3 is 0 Å². The predicted molar refractivity (Wildman–Crippen MR) is 51.3 cm³/mol. The molecule has 1 fully saturated rings. The quantitative estimate of drug-likeness (QED) is 0.700. The molecule has 0 amide bonds. The van der Waals surface area contributed by atoms with Crippen LogP contribution in [0, 0.1) is 0 Å². The van der Waals surface area contributed by atoms with E-state index in [1.54, 1.807) is 0 Å². The minimum Gasteiger partial charge on any atom is -0.381 e. The van der Waals surface area contributed by atoms with Gasteiger partial charge in [0, 0.05) is 25.3 Å². The summed E-state index contributed by atoms with van der Waals surface area (Å²) in [6.45, 7) is 6.38. The van der Waals surface area contributed by atoms with Crippen molar-refractivity contribution in [2.24, 2.45) is 0 Å². The maximum Gasteiger partial charge on any atom is 0.0480 e. The van der Waals surface area contributed by atoms with Crippen molar-refractivity contribution >= 4 is 0 Å². The zero-order chi connectivity index (χ0) is 8.81. The van der Waals surface area contributed by atoms with Crippen LogP contribution in [-0.2, 0) is 4.74 Å². The van der Waals surface area contributed by atoms with Crippen molar-refractivity contribution in [1.82, 2.24) is 5.32 Å². The summed E-state index contributed by atoms with van der Waals surface area (Å²) in [5.41, 5.74) is 0. The van der Waals surface area contributed by atoms with Gasteiger partial charge in [-0.25, -0.2) is 0 Å². The number of ether oxygens (including phenoxy) is 1. The molecule has 1 aliphatic rings. The molecule has 0 aromatic rings. The third kappa shape index (κ3) is 3.55. The Hall–Kier alpha value is -0.0800. The summed E-state index contributed by atoms with van der Waals surface area (Å²) in [6, 6.07) is 1.36. The zero-order valence-corrected chi connectivity index (χ0v) is 8.31. The Kier molecular flexibility index (Phi) is 4.62. The lowest BCUT2D eigenvalue weighted by Gasteiger charge is -2.20. The van der Waals surface area contributed by atoms with Crippen LogP contribution in [0.5, 0.6) is 0 Å². The maximum absolute atomic E-state index is 5.40. The van der Waals surface area contributed by atoms with E-state index < -0.39 is 0 Å². The summed E-state index contributed by atoms with van der Waals surface area (Å²) >= 11 is 0. The van der Waals surface area contributed by atoms with Gasteiger partial charge < -0.3 is 10.1 Å². The fraction of sp³-hybridized carbons (Fsp3) is 1.00. The summed E-state index contributed by atoms with van der Waals surface area (Å²) in [6.07, 6.45) is 4.90. The third-order valence-electron chi connectivity index (χ3n) is 2.58. The second kappa shape index (κ2) is 5.55. The Balaban J connectivity index is 2.20. The minimum absolute atomic E-state index is 0.660. The van der Waals surface area contributed by atoms with Crippen molar-refractivity contribution in [3.05, 3.63) is 0 Å². The van der Waals surface area contributed by atoms with Crippen molar-refractivity contribution in [2.45, 2.75) is 51.6 Å². The molecule has 1 rings (SSSR count). The van der Waals surface area contributed by atoms with Gasteiger partial charge in [0.25, 0.3) is 0 Å². The van der Waals surface area contributed by atoms with Gasteiger partial charge in [0.15, 0.2) is 0 Å². The molecule has 0 radical (unpaired) electrons. The molecule has 2 heteroatoms. The van der Waals surface area contributed by atoms with Gasteiger partial charge in [-0.15, -0.1) is 0 Å². The van der Waals surface area contributed by atoms with Gasteiger partial charge in [-0.3, -0.25) is 0 Å². The van der Waals surface area contributed by atoms with E-state index in [0.29, 0.717) is 12.1 Å². The fourth-order valence-corrected chi connectivity index (χ4v) is 1.59. The topological polar surface area (TPSA) is 21.3 Å². The predicted octanol–water partition coefficient (Wildman–Crippen LogP) is 1.94. The van der Waals surface area contributed by atoms with Crippen molar-refractivity contribution in [3.63, 3.8) is 0 Å². The Morgan fingerprint density at radius 3 is 3.00 bits per heavy atom. The van der Waals surface area contributed by atoms with Crippen LogP contribution in [0.25, 0.3) is 0 Å². The zero-order valence-electron chi connectivity index (χ0n) is 8.31. The van der Waals surface area contributed by atoms with Crippen LogP contribution < -0.4 is 5.32 Å². The normalized spacial score (nSPS) is 28.0. The molecule has 0 aromatic carbocycles. The Bertz CT molecular complexity index is 108. The van der Waals surface area contributed by atoms with Gasteiger partial charge in [-0.05, 0) is 32.6 Å². The van der Waals surface area contributed by atoms with Crippen molar-refractivity contribution in [1.29, 1.82) is 0 Å². The lowest BCUT2D eigenvalue weighted by atomic mass is 10.1. The largest absolute Gasteiger partial charge is 0.381 e. The smallest absolute Gasteiger partial charge is 0.0480 e. The SMILES string of the molecule is CCC(C)NC1CCCOCC1. The molecule has 1 N–H and O–H groups in total. The van der Waals surface area contributed by atoms with E-state index in [2.05, 4.69) is 19.2 Å². The second-order valence-corrected chi connectivity index (χ2v) is 3.72. The molecule has 0 spiro atoms. The van der Waals surface area contributed by atoms with Gasteiger partial charge in [-0.2, -0.15) is 0 Å². The summed E-state index contributed by atoms with van der Waals surface area (Å²) in [7, 11) is 0. The van der Waals surface area contributed by atoms with E-state index in [9.17, 15) is 0 Å². The molecule has 0 aliphatic carbocycles. The molecule has 1 heterocycles. The Morgan fingerprint density at radius 2 is 2.25 bits per heavy atom. The number of rotatable bonds is 3. The average Bonchev–Trinajstić information content (AvgIpc) is 2.33. The molecule has 0 aromatic heterocycles. The highest BCUT2D eigenvalue weighted by molar-refractivity contribution is 4.72. The first-order valence-corrected chi connectivity index (χ1v) is 5.16. The van der Waals surface area contributed by atoms with Crippen molar-refractivity contribution in [2.75, 3.05) is 13.2 Å². The monoisotopic (exact) mass is 171 g/mol. The first-order chi connectivity index (χ1) is 5.83. The number of hydrogen-bond donors (Lipinski definition) is 1. The molecular formula is C10H21NO. The first kappa shape index (κ1) is 10.0. The van der Waals surface area contributed by atoms with E-state index in [1.165, 1.54) is 25.7 Å². The van der Waals surface area contributed by atoms with Crippen molar-refractivity contribution < 1.29 is 4.74 Å². The summed E-state index contributed by atoms with van der Waals surface area (Å²) in [5.74, 6) is 0. The van der Waals surface area contributed by atoms with Crippen LogP contribution in [-0.4, -0.2) is 25.3 Å². The van der Waals surface area contributed by atoms with Gasteiger partial charge in [0.05, 0.1) is 0 Å². The molecule has 2 nitrogen and oxygen atoms in total.